The fourth-order valence-electron chi connectivity index (χ4n) is 1.39. The molecule has 0 heterocycles. The number of nitrogens with zero attached hydrogens (tertiary/aromatic N) is 1. The van der Waals surface area contributed by atoms with Crippen LogP contribution >= 0.6 is 0 Å². The van der Waals surface area contributed by atoms with Gasteiger partial charge in [0.05, 0.1) is 19.3 Å². The van der Waals surface area contributed by atoms with E-state index in [-0.39, 0.29) is 5.54 Å². The molecule has 0 spiro atoms. The van der Waals surface area contributed by atoms with Crippen molar-refractivity contribution < 1.29 is 9.47 Å². The fraction of sp³-hybridized carbons (Fsp3) is 0.909. The maximum absolute atomic E-state index is 9.04. The van der Waals surface area contributed by atoms with Gasteiger partial charge in [-0.25, -0.2) is 0 Å². The highest BCUT2D eigenvalue weighted by atomic mass is 16.5. The van der Waals surface area contributed by atoms with Crippen molar-refractivity contribution in [3.05, 3.63) is 0 Å². The molecule has 0 amide bonds. The van der Waals surface area contributed by atoms with Gasteiger partial charge in [-0.2, -0.15) is 5.26 Å². The van der Waals surface area contributed by atoms with Gasteiger partial charge in [-0.1, -0.05) is 6.92 Å². The predicted octanol–water partition coefficient (Wildman–Crippen LogP) is 1.32. The monoisotopic (exact) mass is 214 g/mol. The van der Waals surface area contributed by atoms with Gasteiger partial charge in [0, 0.05) is 13.7 Å². The van der Waals surface area contributed by atoms with Gasteiger partial charge in [-0.3, -0.25) is 0 Å². The van der Waals surface area contributed by atoms with Crippen molar-refractivity contribution in [1.29, 1.82) is 5.26 Å². The number of hydrogen-bond donors (Lipinski definition) is 1. The molecule has 0 aliphatic heterocycles. The first kappa shape index (κ1) is 14.4. The van der Waals surface area contributed by atoms with E-state index in [1.54, 1.807) is 7.11 Å². The molecule has 4 heteroatoms. The first-order valence-electron chi connectivity index (χ1n) is 5.41. The van der Waals surface area contributed by atoms with Crippen LogP contribution in [0, 0.1) is 11.3 Å². The maximum atomic E-state index is 9.04. The number of rotatable bonds is 9. The molecule has 0 aliphatic rings. The smallest absolute Gasteiger partial charge is 0.106 e. The van der Waals surface area contributed by atoms with Gasteiger partial charge < -0.3 is 14.8 Å². The zero-order chi connectivity index (χ0) is 11.6. The summed E-state index contributed by atoms with van der Waals surface area (Å²) >= 11 is 0. The van der Waals surface area contributed by atoms with Crippen molar-refractivity contribution in [3.63, 3.8) is 0 Å². The Morgan fingerprint density at radius 1 is 1.33 bits per heavy atom. The minimum atomic E-state index is -0.384. The van der Waals surface area contributed by atoms with Crippen LogP contribution in [0.3, 0.4) is 0 Å². The summed E-state index contributed by atoms with van der Waals surface area (Å²) < 4.78 is 10.2. The molecule has 0 rings (SSSR count). The first-order valence-corrected chi connectivity index (χ1v) is 5.41. The van der Waals surface area contributed by atoms with Crippen LogP contribution in [0.4, 0.5) is 0 Å². The van der Waals surface area contributed by atoms with E-state index in [9.17, 15) is 0 Å². The summed E-state index contributed by atoms with van der Waals surface area (Å²) in [7, 11) is 3.49. The average molecular weight is 214 g/mol. The lowest BCUT2D eigenvalue weighted by atomic mass is 9.92. The van der Waals surface area contributed by atoms with Crippen LogP contribution < -0.4 is 5.32 Å². The molecule has 0 radical (unpaired) electrons. The minimum absolute atomic E-state index is 0.384. The minimum Gasteiger partial charge on any atom is -0.382 e. The zero-order valence-corrected chi connectivity index (χ0v) is 10.0. The first-order chi connectivity index (χ1) is 7.24. The van der Waals surface area contributed by atoms with E-state index in [0.717, 1.165) is 19.3 Å². The van der Waals surface area contributed by atoms with E-state index in [0.29, 0.717) is 19.8 Å². The van der Waals surface area contributed by atoms with Gasteiger partial charge in [0.25, 0.3) is 0 Å². The molecule has 0 bridgehead atoms. The highest BCUT2D eigenvalue weighted by Gasteiger charge is 2.24. The molecule has 0 aromatic heterocycles. The second kappa shape index (κ2) is 8.66. The molecule has 15 heavy (non-hydrogen) atoms. The lowest BCUT2D eigenvalue weighted by Gasteiger charge is -2.24. The third kappa shape index (κ3) is 5.73. The van der Waals surface area contributed by atoms with Gasteiger partial charge in [-0.05, 0) is 26.3 Å². The fourth-order valence-corrected chi connectivity index (χ4v) is 1.39. The normalized spacial score (nSPS) is 14.5. The van der Waals surface area contributed by atoms with Gasteiger partial charge in [0.1, 0.15) is 5.54 Å². The molecule has 0 saturated carbocycles. The van der Waals surface area contributed by atoms with Crippen LogP contribution in [0.1, 0.15) is 26.2 Å². The molecule has 0 aromatic carbocycles. The summed E-state index contributed by atoms with van der Waals surface area (Å²) in [4.78, 5) is 0. The SMILES string of the molecule is CCC(C#N)(CCCOCCOC)NC. The van der Waals surface area contributed by atoms with E-state index < -0.39 is 0 Å². The van der Waals surface area contributed by atoms with E-state index >= 15 is 0 Å². The Kier molecular flexibility index (Phi) is 8.30. The Morgan fingerprint density at radius 2 is 2.07 bits per heavy atom. The zero-order valence-electron chi connectivity index (χ0n) is 10.0. The molecule has 0 aromatic rings. The van der Waals surface area contributed by atoms with Gasteiger partial charge in [0.2, 0.25) is 0 Å². The average Bonchev–Trinajstić information content (AvgIpc) is 2.29. The molecule has 1 unspecified atom stereocenters. The highest BCUT2D eigenvalue weighted by Crippen LogP contribution is 2.15. The topological polar surface area (TPSA) is 54.3 Å². The summed E-state index contributed by atoms with van der Waals surface area (Å²) in [5.41, 5.74) is -0.384. The summed E-state index contributed by atoms with van der Waals surface area (Å²) in [6, 6.07) is 2.33. The Hall–Kier alpha value is -0.630. The van der Waals surface area contributed by atoms with Gasteiger partial charge >= 0.3 is 0 Å². The molecular weight excluding hydrogens is 192 g/mol. The molecule has 88 valence electrons. The largest absolute Gasteiger partial charge is 0.382 e. The van der Waals surface area contributed by atoms with Crippen molar-refractivity contribution in [3.8, 4) is 6.07 Å². The number of hydrogen-bond acceptors (Lipinski definition) is 4. The van der Waals surface area contributed by atoms with Gasteiger partial charge in [-0.15, -0.1) is 0 Å². The number of nitrogens with one attached hydrogen (secondary N) is 1. The molecule has 0 saturated heterocycles. The van der Waals surface area contributed by atoms with Crippen molar-refractivity contribution in [2.45, 2.75) is 31.7 Å². The Balaban J connectivity index is 3.60. The molecular formula is C11H22N2O2. The lowest BCUT2D eigenvalue weighted by Crippen LogP contribution is -2.40. The van der Waals surface area contributed by atoms with E-state index in [4.69, 9.17) is 14.7 Å². The molecule has 4 nitrogen and oxygen atoms in total. The van der Waals surface area contributed by atoms with Crippen molar-refractivity contribution in [2.75, 3.05) is 34.0 Å². The number of ether oxygens (including phenoxy) is 2. The second-order valence-electron chi connectivity index (χ2n) is 3.51. The molecule has 1 atom stereocenters. The van der Waals surface area contributed by atoms with Crippen LogP contribution in [-0.4, -0.2) is 39.5 Å². The maximum Gasteiger partial charge on any atom is 0.106 e. The highest BCUT2D eigenvalue weighted by molar-refractivity contribution is 5.05. The van der Waals surface area contributed by atoms with Crippen LogP contribution in [0.5, 0.6) is 0 Å². The lowest BCUT2D eigenvalue weighted by molar-refractivity contribution is 0.0667. The van der Waals surface area contributed by atoms with E-state index in [1.807, 2.05) is 14.0 Å². The van der Waals surface area contributed by atoms with E-state index in [1.165, 1.54) is 0 Å². The number of methoxy groups -OCH3 is 1. The van der Waals surface area contributed by atoms with Crippen molar-refractivity contribution >= 4 is 0 Å². The molecule has 0 fully saturated rings. The standard InChI is InChI=1S/C11H22N2O2/c1-4-11(10-12,13-2)6-5-7-15-9-8-14-3/h13H,4-9H2,1-3H3. The Morgan fingerprint density at radius 3 is 2.53 bits per heavy atom. The number of nitriles is 1. The predicted molar refractivity (Wildman–Crippen MR) is 59.6 cm³/mol. The van der Waals surface area contributed by atoms with Gasteiger partial charge in [0.15, 0.2) is 0 Å². The second-order valence-corrected chi connectivity index (χ2v) is 3.51. The summed E-state index contributed by atoms with van der Waals surface area (Å²) in [6.45, 7) is 3.96. The third-order valence-corrected chi connectivity index (χ3v) is 2.62. The van der Waals surface area contributed by atoms with Crippen LogP contribution in [0.25, 0.3) is 0 Å². The van der Waals surface area contributed by atoms with Crippen LogP contribution in [-0.2, 0) is 9.47 Å². The molecule has 1 N–H and O–H groups in total. The summed E-state index contributed by atoms with van der Waals surface area (Å²) in [5.74, 6) is 0. The van der Waals surface area contributed by atoms with Crippen LogP contribution in [0.15, 0.2) is 0 Å². The quantitative estimate of drug-likeness (QED) is 0.588. The Labute approximate surface area is 92.6 Å². The summed E-state index contributed by atoms with van der Waals surface area (Å²) in [5, 5.41) is 12.1. The van der Waals surface area contributed by atoms with Crippen molar-refractivity contribution in [1.82, 2.24) is 5.32 Å². The summed E-state index contributed by atoms with van der Waals surface area (Å²) in [6.07, 6.45) is 2.54. The van der Waals surface area contributed by atoms with Crippen molar-refractivity contribution in [2.24, 2.45) is 0 Å². The van der Waals surface area contributed by atoms with E-state index in [2.05, 4.69) is 11.4 Å². The third-order valence-electron chi connectivity index (χ3n) is 2.62. The molecule has 0 aliphatic carbocycles. The van der Waals surface area contributed by atoms with Crippen LogP contribution in [0.2, 0.25) is 0 Å². The Bertz CT molecular complexity index is 186.